The number of rotatable bonds is 4. The standard InChI is InChI=1S/C13H19IN2O2/c1-8(2)13(3,7-15)16-12(18)9-4-5-10(14)11(17)6-9/h4-6,8,17H,7,15H2,1-3H3,(H,16,18). The van der Waals surface area contributed by atoms with Crippen molar-refractivity contribution in [2.75, 3.05) is 6.54 Å². The Morgan fingerprint density at radius 2 is 2.17 bits per heavy atom. The second kappa shape index (κ2) is 5.88. The van der Waals surface area contributed by atoms with Crippen LogP contribution in [0.2, 0.25) is 0 Å². The van der Waals surface area contributed by atoms with E-state index in [-0.39, 0.29) is 17.6 Å². The minimum Gasteiger partial charge on any atom is -0.507 e. The first-order chi connectivity index (χ1) is 8.30. The molecule has 0 bridgehead atoms. The molecule has 100 valence electrons. The molecule has 0 saturated heterocycles. The number of nitrogens with two attached hydrogens (primary N) is 1. The topological polar surface area (TPSA) is 75.3 Å². The van der Waals surface area contributed by atoms with Gasteiger partial charge >= 0.3 is 0 Å². The summed E-state index contributed by atoms with van der Waals surface area (Å²) >= 11 is 2.01. The average Bonchev–Trinajstić information content (AvgIpc) is 2.32. The van der Waals surface area contributed by atoms with Gasteiger partial charge in [0.15, 0.2) is 0 Å². The van der Waals surface area contributed by atoms with Gasteiger partial charge in [-0.3, -0.25) is 4.79 Å². The van der Waals surface area contributed by atoms with Gasteiger partial charge in [0.1, 0.15) is 5.75 Å². The predicted octanol–water partition coefficient (Wildman–Crippen LogP) is 2.10. The van der Waals surface area contributed by atoms with Crippen LogP contribution in [0.5, 0.6) is 5.75 Å². The number of hydrogen-bond acceptors (Lipinski definition) is 3. The lowest BCUT2D eigenvalue weighted by molar-refractivity contribution is 0.0883. The molecule has 0 aliphatic heterocycles. The van der Waals surface area contributed by atoms with Crippen LogP contribution in [-0.2, 0) is 0 Å². The number of phenolic OH excluding ortho intramolecular Hbond substituents is 1. The van der Waals surface area contributed by atoms with Crippen LogP contribution in [0.15, 0.2) is 18.2 Å². The first kappa shape index (κ1) is 15.2. The predicted molar refractivity (Wildman–Crippen MR) is 80.6 cm³/mol. The van der Waals surface area contributed by atoms with Gasteiger partial charge in [-0.25, -0.2) is 0 Å². The van der Waals surface area contributed by atoms with E-state index in [1.165, 1.54) is 6.07 Å². The minimum absolute atomic E-state index is 0.113. The molecule has 0 radical (unpaired) electrons. The van der Waals surface area contributed by atoms with Crippen molar-refractivity contribution in [2.45, 2.75) is 26.3 Å². The summed E-state index contributed by atoms with van der Waals surface area (Å²) in [6, 6.07) is 4.86. The maximum atomic E-state index is 12.1. The molecule has 1 aromatic carbocycles. The third kappa shape index (κ3) is 3.35. The number of amides is 1. The second-order valence-corrected chi connectivity index (χ2v) is 6.06. The van der Waals surface area contributed by atoms with Gasteiger partial charge in [-0.2, -0.15) is 0 Å². The lowest BCUT2D eigenvalue weighted by Gasteiger charge is -2.33. The van der Waals surface area contributed by atoms with Crippen molar-refractivity contribution in [2.24, 2.45) is 11.7 Å². The van der Waals surface area contributed by atoms with Crippen LogP contribution in [0.25, 0.3) is 0 Å². The Hall–Kier alpha value is -0.820. The van der Waals surface area contributed by atoms with Crippen molar-refractivity contribution in [1.29, 1.82) is 0 Å². The Morgan fingerprint density at radius 3 is 2.61 bits per heavy atom. The third-order valence-electron chi connectivity index (χ3n) is 3.31. The third-order valence-corrected chi connectivity index (χ3v) is 4.22. The number of benzene rings is 1. The highest BCUT2D eigenvalue weighted by Crippen LogP contribution is 2.21. The van der Waals surface area contributed by atoms with Crippen LogP contribution in [0.3, 0.4) is 0 Å². The summed E-state index contributed by atoms with van der Waals surface area (Å²) in [4.78, 5) is 12.1. The van der Waals surface area contributed by atoms with Crippen molar-refractivity contribution < 1.29 is 9.90 Å². The van der Waals surface area contributed by atoms with Crippen LogP contribution in [0.1, 0.15) is 31.1 Å². The summed E-state index contributed by atoms with van der Waals surface area (Å²) in [5.74, 6) is 0.120. The first-order valence-electron chi connectivity index (χ1n) is 5.81. The molecule has 0 fully saturated rings. The summed E-state index contributed by atoms with van der Waals surface area (Å²) in [6.45, 7) is 6.31. The summed E-state index contributed by atoms with van der Waals surface area (Å²) in [5, 5.41) is 12.5. The molecule has 1 aromatic rings. The smallest absolute Gasteiger partial charge is 0.251 e. The van der Waals surface area contributed by atoms with E-state index in [1.807, 2.05) is 43.4 Å². The van der Waals surface area contributed by atoms with E-state index >= 15 is 0 Å². The Morgan fingerprint density at radius 1 is 1.56 bits per heavy atom. The van der Waals surface area contributed by atoms with Crippen molar-refractivity contribution in [3.8, 4) is 5.75 Å². The largest absolute Gasteiger partial charge is 0.507 e. The first-order valence-corrected chi connectivity index (χ1v) is 6.89. The highest BCUT2D eigenvalue weighted by Gasteiger charge is 2.28. The lowest BCUT2D eigenvalue weighted by Crippen LogP contribution is -2.55. The number of nitrogens with one attached hydrogen (secondary N) is 1. The molecule has 4 N–H and O–H groups in total. The fraction of sp³-hybridized carbons (Fsp3) is 0.462. The molecule has 0 saturated carbocycles. The van der Waals surface area contributed by atoms with Gasteiger partial charge in [-0.1, -0.05) is 13.8 Å². The Balaban J connectivity index is 2.91. The monoisotopic (exact) mass is 362 g/mol. The van der Waals surface area contributed by atoms with Crippen LogP contribution in [0.4, 0.5) is 0 Å². The zero-order chi connectivity index (χ0) is 13.9. The number of phenols is 1. The van der Waals surface area contributed by atoms with E-state index in [1.54, 1.807) is 12.1 Å². The lowest BCUT2D eigenvalue weighted by atomic mass is 9.88. The average molecular weight is 362 g/mol. The molecule has 0 aliphatic rings. The molecule has 0 aliphatic carbocycles. The van der Waals surface area contributed by atoms with E-state index in [0.29, 0.717) is 12.1 Å². The SMILES string of the molecule is CC(C)C(C)(CN)NC(=O)c1ccc(I)c(O)c1. The summed E-state index contributed by atoms with van der Waals surface area (Å²) in [5.41, 5.74) is 5.71. The highest BCUT2D eigenvalue weighted by molar-refractivity contribution is 14.1. The normalized spacial score (nSPS) is 14.3. The van der Waals surface area contributed by atoms with Gasteiger partial charge in [-0.05, 0) is 53.6 Å². The Kier molecular flexibility index (Phi) is 4.98. The van der Waals surface area contributed by atoms with Crippen LogP contribution < -0.4 is 11.1 Å². The Bertz CT molecular complexity index is 449. The molecular formula is C13H19IN2O2. The van der Waals surface area contributed by atoms with Crippen molar-refractivity contribution in [3.05, 3.63) is 27.3 Å². The minimum atomic E-state index is -0.449. The Labute approximate surface area is 121 Å². The molecule has 1 amide bonds. The van der Waals surface area contributed by atoms with Gasteiger partial charge in [0.25, 0.3) is 5.91 Å². The van der Waals surface area contributed by atoms with E-state index in [2.05, 4.69) is 5.32 Å². The van der Waals surface area contributed by atoms with Gasteiger partial charge in [-0.15, -0.1) is 0 Å². The molecule has 0 aromatic heterocycles. The van der Waals surface area contributed by atoms with Gasteiger partial charge < -0.3 is 16.2 Å². The van der Waals surface area contributed by atoms with Crippen molar-refractivity contribution in [1.82, 2.24) is 5.32 Å². The van der Waals surface area contributed by atoms with Crippen LogP contribution >= 0.6 is 22.6 Å². The molecule has 5 heteroatoms. The van der Waals surface area contributed by atoms with Gasteiger partial charge in [0.05, 0.1) is 9.11 Å². The molecule has 0 spiro atoms. The summed E-state index contributed by atoms with van der Waals surface area (Å²) in [7, 11) is 0. The summed E-state index contributed by atoms with van der Waals surface area (Å²) < 4.78 is 0.717. The van der Waals surface area contributed by atoms with Crippen molar-refractivity contribution >= 4 is 28.5 Å². The number of carbonyl (C=O) groups excluding carboxylic acids is 1. The molecule has 1 rings (SSSR count). The zero-order valence-electron chi connectivity index (χ0n) is 10.8. The quantitative estimate of drug-likeness (QED) is 0.718. The molecule has 1 atom stereocenters. The maximum absolute atomic E-state index is 12.1. The number of aromatic hydroxyl groups is 1. The molecule has 0 heterocycles. The molecule has 4 nitrogen and oxygen atoms in total. The van der Waals surface area contributed by atoms with E-state index in [0.717, 1.165) is 3.57 Å². The van der Waals surface area contributed by atoms with Crippen LogP contribution in [0, 0.1) is 9.49 Å². The summed E-state index contributed by atoms with van der Waals surface area (Å²) in [6.07, 6.45) is 0. The van der Waals surface area contributed by atoms with Crippen molar-refractivity contribution in [3.63, 3.8) is 0 Å². The van der Waals surface area contributed by atoms with E-state index < -0.39 is 5.54 Å². The van der Waals surface area contributed by atoms with Gasteiger partial charge in [0.2, 0.25) is 0 Å². The van der Waals surface area contributed by atoms with Gasteiger partial charge in [0, 0.05) is 12.1 Å². The number of hydrogen-bond donors (Lipinski definition) is 3. The maximum Gasteiger partial charge on any atom is 0.251 e. The number of halogens is 1. The molecular weight excluding hydrogens is 343 g/mol. The molecule has 1 unspecified atom stereocenters. The zero-order valence-corrected chi connectivity index (χ0v) is 13.0. The van der Waals surface area contributed by atoms with E-state index in [4.69, 9.17) is 5.73 Å². The van der Waals surface area contributed by atoms with Crippen LogP contribution in [-0.4, -0.2) is 23.1 Å². The highest BCUT2D eigenvalue weighted by atomic mass is 127. The molecule has 18 heavy (non-hydrogen) atoms. The number of carbonyl (C=O) groups is 1. The van der Waals surface area contributed by atoms with E-state index in [9.17, 15) is 9.90 Å². The fourth-order valence-corrected chi connectivity index (χ4v) is 1.75. The fourth-order valence-electron chi connectivity index (χ4n) is 1.42. The second-order valence-electron chi connectivity index (χ2n) is 4.90.